The average molecular weight is 566 g/mol. The first kappa shape index (κ1) is 28.5. The summed E-state index contributed by atoms with van der Waals surface area (Å²) >= 11 is 0. The molecule has 208 valence electrons. The predicted octanol–water partition coefficient (Wildman–Crippen LogP) is 3.23. The third-order valence-corrected chi connectivity index (χ3v) is 10.4. The number of aryl methyl sites for hydroxylation is 1. The molecular formula is C26H35N3O7S2. The highest BCUT2D eigenvalue weighted by molar-refractivity contribution is 7.89. The van der Waals surface area contributed by atoms with Gasteiger partial charge < -0.3 is 14.8 Å². The van der Waals surface area contributed by atoms with Gasteiger partial charge in [-0.3, -0.25) is 4.79 Å². The van der Waals surface area contributed by atoms with Crippen molar-refractivity contribution < 1.29 is 31.1 Å². The monoisotopic (exact) mass is 565 g/mol. The molecule has 0 aromatic heterocycles. The maximum absolute atomic E-state index is 13.4. The molecule has 2 heterocycles. The number of nitrogens with one attached hydrogen (secondary N) is 1. The summed E-state index contributed by atoms with van der Waals surface area (Å²) in [4.78, 5) is 13.5. The van der Waals surface area contributed by atoms with Crippen LogP contribution in [0.25, 0.3) is 0 Å². The van der Waals surface area contributed by atoms with Crippen LogP contribution in [0.1, 0.15) is 49.0 Å². The zero-order chi connectivity index (χ0) is 27.5. The van der Waals surface area contributed by atoms with Gasteiger partial charge in [-0.15, -0.1) is 0 Å². The summed E-state index contributed by atoms with van der Waals surface area (Å²) in [5.74, 6) is -0.247. The smallest absolute Gasteiger partial charge is 0.256 e. The lowest BCUT2D eigenvalue weighted by Crippen LogP contribution is -2.40. The van der Waals surface area contributed by atoms with Crippen molar-refractivity contribution >= 4 is 31.6 Å². The molecule has 0 unspecified atom stereocenters. The number of anilines is 1. The van der Waals surface area contributed by atoms with Gasteiger partial charge in [0.2, 0.25) is 20.0 Å². The molecule has 1 N–H and O–H groups in total. The Morgan fingerprint density at radius 3 is 2.08 bits per heavy atom. The van der Waals surface area contributed by atoms with E-state index in [2.05, 4.69) is 5.32 Å². The van der Waals surface area contributed by atoms with E-state index in [4.69, 9.17) is 9.47 Å². The Balaban J connectivity index is 1.66. The first-order valence-corrected chi connectivity index (χ1v) is 15.7. The molecule has 2 aromatic carbocycles. The third kappa shape index (κ3) is 6.20. The highest BCUT2D eigenvalue weighted by Crippen LogP contribution is 2.32. The average Bonchev–Trinajstić information content (AvgIpc) is 2.90. The molecule has 0 atom stereocenters. The Labute approximate surface area is 225 Å². The van der Waals surface area contributed by atoms with Crippen LogP contribution in [0.15, 0.2) is 46.2 Å². The van der Waals surface area contributed by atoms with E-state index in [0.29, 0.717) is 37.6 Å². The maximum Gasteiger partial charge on any atom is 0.256 e. The van der Waals surface area contributed by atoms with Crippen LogP contribution in [0.2, 0.25) is 0 Å². The highest BCUT2D eigenvalue weighted by Gasteiger charge is 2.29. The fraction of sp³-hybridized carbons (Fsp3) is 0.500. The Kier molecular flexibility index (Phi) is 8.78. The van der Waals surface area contributed by atoms with Gasteiger partial charge in [-0.05, 0) is 69.5 Å². The second-order valence-corrected chi connectivity index (χ2v) is 13.6. The zero-order valence-corrected chi connectivity index (χ0v) is 23.6. The largest absolute Gasteiger partial charge is 0.489 e. The normalized spacial score (nSPS) is 17.9. The molecule has 2 aliphatic rings. The van der Waals surface area contributed by atoms with Crippen LogP contribution in [-0.2, 0) is 24.8 Å². The van der Waals surface area contributed by atoms with Crippen LogP contribution in [0, 0.1) is 6.92 Å². The Morgan fingerprint density at radius 2 is 1.45 bits per heavy atom. The summed E-state index contributed by atoms with van der Waals surface area (Å²) < 4.78 is 66.8. The van der Waals surface area contributed by atoms with Gasteiger partial charge in [0.15, 0.2) is 0 Å². The Morgan fingerprint density at radius 1 is 0.868 bits per heavy atom. The van der Waals surface area contributed by atoms with Crippen molar-refractivity contribution in [1.29, 1.82) is 0 Å². The molecule has 4 rings (SSSR count). The minimum Gasteiger partial charge on any atom is -0.489 e. The number of hydrogen-bond donors (Lipinski definition) is 1. The van der Waals surface area contributed by atoms with Crippen molar-refractivity contribution in [2.75, 3.05) is 44.7 Å². The number of rotatable bonds is 8. The molecular weight excluding hydrogens is 530 g/mol. The van der Waals surface area contributed by atoms with Crippen molar-refractivity contribution in [3.05, 3.63) is 47.5 Å². The number of benzene rings is 2. The van der Waals surface area contributed by atoms with Gasteiger partial charge in [0.25, 0.3) is 5.91 Å². The quantitative estimate of drug-likeness (QED) is 0.521. The number of ether oxygens (including phenoxy) is 2. The fourth-order valence-electron chi connectivity index (χ4n) is 4.51. The van der Waals surface area contributed by atoms with Crippen molar-refractivity contribution in [2.24, 2.45) is 0 Å². The summed E-state index contributed by atoms with van der Waals surface area (Å²) in [7, 11) is -7.55. The number of carbonyl (C=O) groups is 1. The standard InChI is InChI=1S/C26H35N3O7S2/c1-19(2)36-25-10-9-22(38(33,34)28-11-5-4-6-12-28)18-24(25)27-26(30)23-17-21(8-7-20(23)3)37(31,32)29-13-15-35-16-14-29/h7-10,17-19H,4-6,11-16H2,1-3H3,(H,27,30). The van der Waals surface area contributed by atoms with Gasteiger partial charge in [-0.2, -0.15) is 8.61 Å². The lowest BCUT2D eigenvalue weighted by atomic mass is 10.1. The van der Waals surface area contributed by atoms with Crippen LogP contribution >= 0.6 is 0 Å². The van der Waals surface area contributed by atoms with E-state index >= 15 is 0 Å². The van der Waals surface area contributed by atoms with E-state index in [-0.39, 0.29) is 40.2 Å². The van der Waals surface area contributed by atoms with Crippen LogP contribution in [0.4, 0.5) is 5.69 Å². The van der Waals surface area contributed by atoms with Gasteiger partial charge in [0.1, 0.15) is 5.75 Å². The van der Waals surface area contributed by atoms with E-state index in [0.717, 1.165) is 19.3 Å². The topological polar surface area (TPSA) is 122 Å². The third-order valence-electron chi connectivity index (χ3n) is 6.58. The van der Waals surface area contributed by atoms with E-state index in [1.807, 2.05) is 13.8 Å². The summed E-state index contributed by atoms with van der Waals surface area (Å²) in [5, 5.41) is 2.77. The number of sulfonamides is 2. The van der Waals surface area contributed by atoms with Crippen molar-refractivity contribution in [3.8, 4) is 5.75 Å². The van der Waals surface area contributed by atoms with Crippen LogP contribution < -0.4 is 10.1 Å². The molecule has 0 bridgehead atoms. The molecule has 2 fully saturated rings. The molecule has 0 aliphatic carbocycles. The number of piperidine rings is 1. The van der Waals surface area contributed by atoms with Crippen molar-refractivity contribution in [1.82, 2.24) is 8.61 Å². The molecule has 2 aliphatic heterocycles. The van der Waals surface area contributed by atoms with Crippen molar-refractivity contribution in [3.63, 3.8) is 0 Å². The number of amides is 1. The molecule has 2 saturated heterocycles. The molecule has 0 saturated carbocycles. The maximum atomic E-state index is 13.4. The van der Waals surface area contributed by atoms with Gasteiger partial charge in [-0.25, -0.2) is 16.8 Å². The minimum absolute atomic E-state index is 0.00947. The number of morpholine rings is 1. The highest BCUT2D eigenvalue weighted by atomic mass is 32.2. The van der Waals surface area contributed by atoms with Gasteiger partial charge in [-0.1, -0.05) is 12.5 Å². The first-order chi connectivity index (χ1) is 18.0. The summed E-state index contributed by atoms with van der Waals surface area (Å²) in [6.45, 7) is 7.39. The lowest BCUT2D eigenvalue weighted by Gasteiger charge is -2.26. The van der Waals surface area contributed by atoms with Crippen LogP contribution in [0.3, 0.4) is 0 Å². The van der Waals surface area contributed by atoms with E-state index in [1.54, 1.807) is 19.1 Å². The summed E-state index contributed by atoms with van der Waals surface area (Å²) in [6, 6.07) is 8.85. The molecule has 2 aromatic rings. The zero-order valence-electron chi connectivity index (χ0n) is 22.0. The second-order valence-electron chi connectivity index (χ2n) is 9.74. The molecule has 12 heteroatoms. The van der Waals surface area contributed by atoms with Gasteiger partial charge in [0, 0.05) is 31.7 Å². The molecule has 1 amide bonds. The molecule has 0 spiro atoms. The molecule has 0 radical (unpaired) electrons. The predicted molar refractivity (Wildman–Crippen MR) is 144 cm³/mol. The van der Waals surface area contributed by atoms with Crippen molar-refractivity contribution in [2.45, 2.75) is 55.9 Å². The van der Waals surface area contributed by atoms with E-state index in [1.165, 1.54) is 32.9 Å². The summed E-state index contributed by atoms with van der Waals surface area (Å²) in [5.41, 5.74) is 0.939. The summed E-state index contributed by atoms with van der Waals surface area (Å²) in [6.07, 6.45) is 2.38. The Hall–Kier alpha value is -2.51. The number of nitrogens with zero attached hydrogens (tertiary/aromatic N) is 2. The van der Waals surface area contributed by atoms with Crippen LogP contribution in [-0.4, -0.2) is 76.8 Å². The van der Waals surface area contributed by atoms with Gasteiger partial charge in [0.05, 0.1) is 34.8 Å². The first-order valence-electron chi connectivity index (χ1n) is 12.8. The van der Waals surface area contributed by atoms with Gasteiger partial charge >= 0.3 is 0 Å². The molecule has 10 nitrogen and oxygen atoms in total. The number of hydrogen-bond acceptors (Lipinski definition) is 7. The number of carbonyl (C=O) groups excluding carboxylic acids is 1. The SMILES string of the molecule is Cc1ccc(S(=O)(=O)N2CCOCC2)cc1C(=O)Nc1cc(S(=O)(=O)N2CCCCC2)ccc1OC(C)C. The van der Waals surface area contributed by atoms with E-state index < -0.39 is 26.0 Å². The minimum atomic E-state index is -3.81. The van der Waals surface area contributed by atoms with E-state index in [9.17, 15) is 21.6 Å². The Bertz CT molecular complexity index is 1380. The van der Waals surface area contributed by atoms with Crippen LogP contribution in [0.5, 0.6) is 5.75 Å². The second kappa shape index (κ2) is 11.7. The lowest BCUT2D eigenvalue weighted by molar-refractivity contribution is 0.0730. The fourth-order valence-corrected chi connectivity index (χ4v) is 7.49. The molecule has 38 heavy (non-hydrogen) atoms.